The molecule has 24 heavy (non-hydrogen) atoms. The van der Waals surface area contributed by atoms with Gasteiger partial charge in [0.25, 0.3) is 0 Å². The largest absolute Gasteiger partial charge is 0.545 e. The molecule has 1 aliphatic rings. The van der Waals surface area contributed by atoms with E-state index in [9.17, 15) is 9.90 Å². The molecule has 2 aromatic carbocycles. The number of hydrogen-bond donors (Lipinski definition) is 1. The van der Waals surface area contributed by atoms with Gasteiger partial charge in [-0.25, -0.2) is 0 Å². The zero-order valence-corrected chi connectivity index (χ0v) is 13.8. The van der Waals surface area contributed by atoms with E-state index in [0.29, 0.717) is 0 Å². The fourth-order valence-electron chi connectivity index (χ4n) is 3.10. The predicted molar refractivity (Wildman–Crippen MR) is 90.4 cm³/mol. The van der Waals surface area contributed by atoms with Crippen LogP contribution in [-0.4, -0.2) is 39.3 Å². The molecule has 1 aliphatic heterocycles. The van der Waals surface area contributed by atoms with Crippen LogP contribution < -0.4 is 19.6 Å². The van der Waals surface area contributed by atoms with Gasteiger partial charge in [-0.2, -0.15) is 0 Å². The van der Waals surface area contributed by atoms with Crippen LogP contribution in [0, 0.1) is 0 Å². The molecule has 0 aliphatic carbocycles. The third-order valence-corrected chi connectivity index (χ3v) is 4.55. The number of carboxylic acid groups (broad SMARTS) is 1. The maximum atomic E-state index is 10.8. The first-order valence-electron chi connectivity index (χ1n) is 8.18. The van der Waals surface area contributed by atoms with Gasteiger partial charge in [0.1, 0.15) is 12.3 Å². The van der Waals surface area contributed by atoms with Crippen molar-refractivity contribution in [3.05, 3.63) is 59.7 Å². The third-order valence-electron chi connectivity index (χ3n) is 4.55. The smallest absolute Gasteiger partial charge is 0.119 e. The van der Waals surface area contributed by atoms with Crippen LogP contribution in [0.2, 0.25) is 0 Å². The van der Waals surface area contributed by atoms with E-state index in [4.69, 9.17) is 4.74 Å². The molecule has 1 saturated heterocycles. The third kappa shape index (κ3) is 3.86. The highest BCUT2D eigenvalue weighted by atomic mass is 16.5. The number of quaternary nitrogens is 1. The van der Waals surface area contributed by atoms with Crippen molar-refractivity contribution in [2.24, 2.45) is 0 Å². The molecule has 126 valence electrons. The SMILES string of the molecule is COc1ccc(N2CC[NH+](Cc3ccc(C(=O)[O-])cc3)CC2)cc1. The summed E-state index contributed by atoms with van der Waals surface area (Å²) in [6.07, 6.45) is 0. The normalized spacial score (nSPS) is 15.3. The molecule has 0 spiro atoms. The Balaban J connectivity index is 1.53. The first kappa shape index (κ1) is 16.3. The van der Waals surface area contributed by atoms with Gasteiger partial charge < -0.3 is 24.4 Å². The summed E-state index contributed by atoms with van der Waals surface area (Å²) in [4.78, 5) is 14.7. The summed E-state index contributed by atoms with van der Waals surface area (Å²) in [5.74, 6) is -0.245. The number of piperazine rings is 1. The first-order valence-corrected chi connectivity index (χ1v) is 8.18. The number of carbonyl (C=O) groups excluding carboxylic acids is 1. The Kier molecular flexibility index (Phi) is 5.01. The molecule has 0 bridgehead atoms. The van der Waals surface area contributed by atoms with Gasteiger partial charge in [-0.1, -0.05) is 24.3 Å². The van der Waals surface area contributed by atoms with E-state index in [0.717, 1.165) is 44.0 Å². The molecule has 0 amide bonds. The Morgan fingerprint density at radius 1 is 1.08 bits per heavy atom. The van der Waals surface area contributed by atoms with E-state index in [-0.39, 0.29) is 5.56 Å². The van der Waals surface area contributed by atoms with Crippen molar-refractivity contribution in [1.82, 2.24) is 0 Å². The molecule has 5 nitrogen and oxygen atoms in total. The Morgan fingerprint density at radius 3 is 2.25 bits per heavy atom. The molecule has 0 atom stereocenters. The van der Waals surface area contributed by atoms with Gasteiger partial charge in [0.05, 0.1) is 39.3 Å². The van der Waals surface area contributed by atoms with Crippen molar-refractivity contribution in [1.29, 1.82) is 0 Å². The Bertz CT molecular complexity index is 675. The molecule has 0 aromatic heterocycles. The second kappa shape index (κ2) is 7.36. The summed E-state index contributed by atoms with van der Waals surface area (Å²) in [5, 5.41) is 10.8. The van der Waals surface area contributed by atoms with Gasteiger partial charge >= 0.3 is 0 Å². The minimum Gasteiger partial charge on any atom is -0.545 e. The molecule has 5 heteroatoms. The number of anilines is 1. The van der Waals surface area contributed by atoms with Crippen molar-refractivity contribution in [3.8, 4) is 5.75 Å². The standard InChI is InChI=1S/C19H22N2O3/c1-24-18-8-6-17(7-9-18)21-12-10-20(11-13-21)14-15-2-4-16(5-3-15)19(22)23/h2-9H,10-14H2,1H3,(H,22,23). The van der Waals surface area contributed by atoms with Gasteiger partial charge in [-0.3, -0.25) is 0 Å². The van der Waals surface area contributed by atoms with Crippen LogP contribution in [0.15, 0.2) is 48.5 Å². The highest BCUT2D eigenvalue weighted by Gasteiger charge is 2.20. The summed E-state index contributed by atoms with van der Waals surface area (Å²) in [5.41, 5.74) is 2.62. The van der Waals surface area contributed by atoms with Crippen LogP contribution in [0.25, 0.3) is 0 Å². The summed E-state index contributed by atoms with van der Waals surface area (Å²) < 4.78 is 5.20. The highest BCUT2D eigenvalue weighted by molar-refractivity contribution is 5.85. The molecular weight excluding hydrogens is 304 g/mol. The van der Waals surface area contributed by atoms with Crippen molar-refractivity contribution >= 4 is 11.7 Å². The van der Waals surface area contributed by atoms with Crippen molar-refractivity contribution in [2.45, 2.75) is 6.54 Å². The van der Waals surface area contributed by atoms with E-state index in [1.54, 1.807) is 19.2 Å². The predicted octanol–water partition coefficient (Wildman–Crippen LogP) is -0.0362. The number of methoxy groups -OCH3 is 1. The van der Waals surface area contributed by atoms with Crippen LogP contribution in [0.4, 0.5) is 5.69 Å². The summed E-state index contributed by atoms with van der Waals surface area (Å²) >= 11 is 0. The molecule has 1 fully saturated rings. The van der Waals surface area contributed by atoms with Gasteiger partial charge in [0.2, 0.25) is 0 Å². The molecule has 0 unspecified atom stereocenters. The molecule has 3 rings (SSSR count). The number of carboxylic acids is 1. The first-order chi connectivity index (χ1) is 11.7. The van der Waals surface area contributed by atoms with Crippen LogP contribution >= 0.6 is 0 Å². The lowest BCUT2D eigenvalue weighted by atomic mass is 10.1. The maximum Gasteiger partial charge on any atom is 0.119 e. The number of aromatic carboxylic acids is 1. The number of hydrogen-bond acceptors (Lipinski definition) is 4. The van der Waals surface area contributed by atoms with Crippen LogP contribution in [-0.2, 0) is 6.54 Å². The van der Waals surface area contributed by atoms with E-state index in [2.05, 4.69) is 17.0 Å². The molecule has 0 saturated carbocycles. The lowest BCUT2D eigenvalue weighted by Gasteiger charge is -2.33. The number of nitrogens with one attached hydrogen (secondary N) is 1. The van der Waals surface area contributed by atoms with Crippen LogP contribution in [0.3, 0.4) is 0 Å². The minimum atomic E-state index is -1.12. The Labute approximate surface area is 142 Å². The molecule has 1 N–H and O–H groups in total. The number of benzene rings is 2. The fourth-order valence-corrected chi connectivity index (χ4v) is 3.10. The Morgan fingerprint density at radius 2 is 1.71 bits per heavy atom. The van der Waals surface area contributed by atoms with Gasteiger partial charge in [-0.05, 0) is 29.8 Å². The fraction of sp³-hybridized carbons (Fsp3) is 0.316. The zero-order valence-electron chi connectivity index (χ0n) is 13.8. The lowest BCUT2D eigenvalue weighted by Crippen LogP contribution is -3.13. The number of ether oxygens (including phenoxy) is 1. The number of carbonyl (C=O) groups is 1. The average Bonchev–Trinajstić information content (AvgIpc) is 2.63. The van der Waals surface area contributed by atoms with E-state index in [1.165, 1.54) is 10.6 Å². The summed E-state index contributed by atoms with van der Waals surface area (Å²) in [6, 6.07) is 15.2. The van der Waals surface area contributed by atoms with Gasteiger partial charge in [-0.15, -0.1) is 0 Å². The van der Waals surface area contributed by atoms with Crippen LogP contribution in [0.1, 0.15) is 15.9 Å². The topological polar surface area (TPSA) is 57.0 Å². The average molecular weight is 326 g/mol. The molecule has 1 heterocycles. The molecular formula is C19H22N2O3. The van der Waals surface area contributed by atoms with Crippen molar-refractivity contribution in [2.75, 3.05) is 38.2 Å². The highest BCUT2D eigenvalue weighted by Crippen LogP contribution is 2.19. The van der Waals surface area contributed by atoms with Crippen molar-refractivity contribution in [3.63, 3.8) is 0 Å². The quantitative estimate of drug-likeness (QED) is 0.838. The van der Waals surface area contributed by atoms with E-state index in [1.807, 2.05) is 24.3 Å². The van der Waals surface area contributed by atoms with E-state index >= 15 is 0 Å². The van der Waals surface area contributed by atoms with Crippen molar-refractivity contribution < 1.29 is 19.5 Å². The molecule has 0 radical (unpaired) electrons. The van der Waals surface area contributed by atoms with E-state index < -0.39 is 5.97 Å². The van der Waals surface area contributed by atoms with Gasteiger partial charge in [0, 0.05) is 11.3 Å². The van der Waals surface area contributed by atoms with Gasteiger partial charge in [0.15, 0.2) is 0 Å². The minimum absolute atomic E-state index is 0.234. The second-order valence-corrected chi connectivity index (χ2v) is 6.10. The monoisotopic (exact) mass is 326 g/mol. The maximum absolute atomic E-state index is 10.8. The zero-order chi connectivity index (χ0) is 16.9. The number of nitrogens with zero attached hydrogens (tertiary/aromatic N) is 1. The van der Waals surface area contributed by atoms with Crippen LogP contribution in [0.5, 0.6) is 5.75 Å². The lowest BCUT2D eigenvalue weighted by molar-refractivity contribution is -0.914. The number of rotatable bonds is 5. The molecule has 2 aromatic rings. The second-order valence-electron chi connectivity index (χ2n) is 6.10. The summed E-state index contributed by atoms with van der Waals surface area (Å²) in [6.45, 7) is 5.07. The Hall–Kier alpha value is -2.53. The summed E-state index contributed by atoms with van der Waals surface area (Å²) in [7, 11) is 1.68.